The first-order valence-corrected chi connectivity index (χ1v) is 7.64. The summed E-state index contributed by atoms with van der Waals surface area (Å²) < 4.78 is 0. The molecule has 116 valence electrons. The summed E-state index contributed by atoms with van der Waals surface area (Å²) in [6.07, 6.45) is 4.01. The second-order valence-corrected chi connectivity index (χ2v) is 6.36. The minimum atomic E-state index is -0.786. The first-order valence-electron chi connectivity index (χ1n) is 7.64. The van der Waals surface area contributed by atoms with Crippen LogP contribution in [0.15, 0.2) is 0 Å². The van der Waals surface area contributed by atoms with Crippen molar-refractivity contribution < 1.29 is 14.7 Å². The van der Waals surface area contributed by atoms with Crippen LogP contribution in [0, 0.1) is 17.8 Å². The van der Waals surface area contributed by atoms with E-state index in [9.17, 15) is 9.59 Å². The Morgan fingerprint density at radius 2 is 1.95 bits per heavy atom. The standard InChI is InChI=1S/C15H28N2O3/c1-10(4-7-14(18)19)9-16-15(20)17-13-6-5-11(2)12(3)8-13/h10-13H,4-9H2,1-3H3,(H,18,19)(H2,16,17,20). The predicted octanol–water partition coefficient (Wildman–Crippen LogP) is 2.61. The SMILES string of the molecule is CC(CCC(=O)O)CNC(=O)NC1CCC(C)C(C)C1. The summed E-state index contributed by atoms with van der Waals surface area (Å²) >= 11 is 0. The van der Waals surface area contributed by atoms with Crippen molar-refractivity contribution in [2.24, 2.45) is 17.8 Å². The molecule has 0 aromatic heterocycles. The third-order valence-electron chi connectivity index (χ3n) is 4.40. The van der Waals surface area contributed by atoms with Gasteiger partial charge in [-0.1, -0.05) is 20.8 Å². The summed E-state index contributed by atoms with van der Waals surface area (Å²) in [5.41, 5.74) is 0. The van der Waals surface area contributed by atoms with Gasteiger partial charge in [0.15, 0.2) is 0 Å². The molecule has 3 N–H and O–H groups in total. The van der Waals surface area contributed by atoms with Crippen LogP contribution in [0.3, 0.4) is 0 Å². The first-order chi connectivity index (χ1) is 9.38. The molecule has 0 heterocycles. The van der Waals surface area contributed by atoms with Crippen LogP contribution < -0.4 is 10.6 Å². The fourth-order valence-electron chi connectivity index (χ4n) is 2.65. The smallest absolute Gasteiger partial charge is 0.315 e. The zero-order valence-corrected chi connectivity index (χ0v) is 12.8. The van der Waals surface area contributed by atoms with Crippen molar-refractivity contribution in [3.05, 3.63) is 0 Å². The van der Waals surface area contributed by atoms with E-state index in [2.05, 4.69) is 24.5 Å². The third-order valence-corrected chi connectivity index (χ3v) is 4.40. The Hall–Kier alpha value is -1.26. The average Bonchev–Trinajstić information content (AvgIpc) is 2.38. The number of hydrogen-bond donors (Lipinski definition) is 3. The minimum Gasteiger partial charge on any atom is -0.481 e. The van der Waals surface area contributed by atoms with Gasteiger partial charge in [-0.2, -0.15) is 0 Å². The molecule has 1 aliphatic carbocycles. The maximum absolute atomic E-state index is 11.8. The van der Waals surface area contributed by atoms with Crippen molar-refractivity contribution in [1.29, 1.82) is 0 Å². The fraction of sp³-hybridized carbons (Fsp3) is 0.867. The average molecular weight is 284 g/mol. The monoisotopic (exact) mass is 284 g/mol. The molecule has 2 amide bonds. The van der Waals surface area contributed by atoms with Gasteiger partial charge in [0.1, 0.15) is 0 Å². The van der Waals surface area contributed by atoms with E-state index in [0.717, 1.165) is 18.8 Å². The molecule has 0 aromatic rings. The quantitative estimate of drug-likeness (QED) is 0.701. The highest BCUT2D eigenvalue weighted by molar-refractivity contribution is 5.74. The van der Waals surface area contributed by atoms with E-state index in [0.29, 0.717) is 18.9 Å². The van der Waals surface area contributed by atoms with Gasteiger partial charge in [-0.25, -0.2) is 4.79 Å². The molecule has 1 fully saturated rings. The van der Waals surface area contributed by atoms with Crippen molar-refractivity contribution in [2.45, 2.75) is 58.9 Å². The summed E-state index contributed by atoms with van der Waals surface area (Å²) in [5.74, 6) is 0.796. The van der Waals surface area contributed by atoms with E-state index in [1.165, 1.54) is 6.42 Å². The van der Waals surface area contributed by atoms with Gasteiger partial charge in [0.25, 0.3) is 0 Å². The molecule has 1 rings (SSSR count). The number of aliphatic carboxylic acids is 1. The van der Waals surface area contributed by atoms with Crippen LogP contribution in [0.4, 0.5) is 4.79 Å². The largest absolute Gasteiger partial charge is 0.481 e. The number of urea groups is 1. The molecular weight excluding hydrogens is 256 g/mol. The Bertz CT molecular complexity index is 333. The van der Waals surface area contributed by atoms with Crippen molar-refractivity contribution in [3.8, 4) is 0 Å². The normalized spacial score (nSPS) is 27.6. The van der Waals surface area contributed by atoms with Crippen LogP contribution in [0.25, 0.3) is 0 Å². The molecule has 1 aliphatic rings. The Morgan fingerprint density at radius 1 is 1.25 bits per heavy atom. The van der Waals surface area contributed by atoms with E-state index < -0.39 is 5.97 Å². The summed E-state index contributed by atoms with van der Waals surface area (Å²) in [5, 5.41) is 14.5. The molecule has 0 radical (unpaired) electrons. The van der Waals surface area contributed by atoms with Crippen LogP contribution in [0.1, 0.15) is 52.9 Å². The van der Waals surface area contributed by atoms with Gasteiger partial charge < -0.3 is 15.7 Å². The zero-order valence-electron chi connectivity index (χ0n) is 12.8. The van der Waals surface area contributed by atoms with Gasteiger partial charge in [-0.15, -0.1) is 0 Å². The van der Waals surface area contributed by atoms with E-state index in [-0.39, 0.29) is 24.4 Å². The number of rotatable bonds is 6. The van der Waals surface area contributed by atoms with Crippen LogP contribution in [0.5, 0.6) is 0 Å². The number of nitrogens with one attached hydrogen (secondary N) is 2. The Morgan fingerprint density at radius 3 is 2.55 bits per heavy atom. The number of carbonyl (C=O) groups is 2. The van der Waals surface area contributed by atoms with E-state index in [1.807, 2.05) is 6.92 Å². The van der Waals surface area contributed by atoms with Crippen molar-refractivity contribution in [3.63, 3.8) is 0 Å². The second kappa shape index (κ2) is 8.12. The molecule has 1 saturated carbocycles. The lowest BCUT2D eigenvalue weighted by Gasteiger charge is -2.32. The minimum absolute atomic E-state index is 0.126. The van der Waals surface area contributed by atoms with Gasteiger partial charge in [0, 0.05) is 19.0 Å². The predicted molar refractivity (Wildman–Crippen MR) is 78.5 cm³/mol. The molecule has 20 heavy (non-hydrogen) atoms. The Kier molecular flexibility index (Phi) is 6.82. The van der Waals surface area contributed by atoms with Gasteiger partial charge in [0.2, 0.25) is 0 Å². The van der Waals surface area contributed by atoms with Crippen molar-refractivity contribution in [2.75, 3.05) is 6.54 Å². The lowest BCUT2D eigenvalue weighted by Crippen LogP contribution is -2.45. The molecule has 0 aromatic carbocycles. The Balaban J connectivity index is 2.18. The molecule has 0 spiro atoms. The fourth-order valence-corrected chi connectivity index (χ4v) is 2.65. The molecule has 4 atom stereocenters. The first kappa shape index (κ1) is 16.8. The second-order valence-electron chi connectivity index (χ2n) is 6.36. The number of amides is 2. The van der Waals surface area contributed by atoms with Crippen LogP contribution in [-0.4, -0.2) is 29.7 Å². The van der Waals surface area contributed by atoms with Crippen LogP contribution in [-0.2, 0) is 4.79 Å². The summed E-state index contributed by atoms with van der Waals surface area (Å²) in [7, 11) is 0. The third kappa shape index (κ3) is 6.26. The van der Waals surface area contributed by atoms with Gasteiger partial charge in [-0.3, -0.25) is 4.79 Å². The number of carbonyl (C=O) groups excluding carboxylic acids is 1. The summed E-state index contributed by atoms with van der Waals surface area (Å²) in [6, 6.07) is 0.148. The lowest BCUT2D eigenvalue weighted by molar-refractivity contribution is -0.137. The summed E-state index contributed by atoms with van der Waals surface area (Å²) in [6.45, 7) is 6.99. The highest BCUT2D eigenvalue weighted by Gasteiger charge is 2.25. The van der Waals surface area contributed by atoms with Gasteiger partial charge in [0.05, 0.1) is 0 Å². The Labute approximate surface area is 121 Å². The molecule has 0 saturated heterocycles. The topological polar surface area (TPSA) is 78.4 Å². The maximum atomic E-state index is 11.8. The highest BCUT2D eigenvalue weighted by Crippen LogP contribution is 2.29. The van der Waals surface area contributed by atoms with E-state index in [4.69, 9.17) is 5.11 Å². The van der Waals surface area contributed by atoms with Gasteiger partial charge >= 0.3 is 12.0 Å². The van der Waals surface area contributed by atoms with Crippen molar-refractivity contribution in [1.82, 2.24) is 10.6 Å². The maximum Gasteiger partial charge on any atom is 0.315 e. The van der Waals surface area contributed by atoms with Gasteiger partial charge in [-0.05, 0) is 43.4 Å². The van der Waals surface area contributed by atoms with Crippen LogP contribution in [0.2, 0.25) is 0 Å². The molecule has 4 unspecified atom stereocenters. The molecule has 5 heteroatoms. The molecule has 0 bridgehead atoms. The van der Waals surface area contributed by atoms with Crippen LogP contribution >= 0.6 is 0 Å². The number of carboxylic acids is 1. The van der Waals surface area contributed by atoms with E-state index >= 15 is 0 Å². The van der Waals surface area contributed by atoms with Crippen molar-refractivity contribution >= 4 is 12.0 Å². The number of hydrogen-bond acceptors (Lipinski definition) is 2. The zero-order chi connectivity index (χ0) is 15.1. The summed E-state index contributed by atoms with van der Waals surface area (Å²) in [4.78, 5) is 22.3. The highest BCUT2D eigenvalue weighted by atomic mass is 16.4. The lowest BCUT2D eigenvalue weighted by atomic mass is 9.79. The molecule has 5 nitrogen and oxygen atoms in total. The molecular formula is C15H28N2O3. The molecule has 0 aliphatic heterocycles. The number of carboxylic acid groups (broad SMARTS) is 1. The van der Waals surface area contributed by atoms with E-state index in [1.54, 1.807) is 0 Å².